The fourth-order valence-electron chi connectivity index (χ4n) is 1.88. The maximum absolute atomic E-state index is 12.1. The minimum atomic E-state index is -2.19. The maximum Gasteiger partial charge on any atom is 0.251 e. The number of rotatable bonds is 6. The molecule has 0 spiro atoms. The zero-order chi connectivity index (χ0) is 11.1. The van der Waals surface area contributed by atoms with Gasteiger partial charge in [-0.1, -0.05) is 0 Å². The van der Waals surface area contributed by atoms with Crippen molar-refractivity contribution in [1.29, 1.82) is 0 Å². The largest absolute Gasteiger partial charge is 0.313 e. The van der Waals surface area contributed by atoms with Gasteiger partial charge in [-0.25, -0.2) is 8.78 Å². The van der Waals surface area contributed by atoms with Crippen molar-refractivity contribution in [2.45, 2.75) is 25.3 Å². The van der Waals surface area contributed by atoms with Gasteiger partial charge in [0.15, 0.2) is 0 Å². The molecule has 0 aromatic carbocycles. The summed E-state index contributed by atoms with van der Waals surface area (Å²) in [5.41, 5.74) is 0. The summed E-state index contributed by atoms with van der Waals surface area (Å²) in [5.74, 6) is 1.12. The van der Waals surface area contributed by atoms with Crippen molar-refractivity contribution < 1.29 is 8.78 Å². The third kappa shape index (κ3) is 5.68. The number of hydrogen-bond donors (Lipinski definition) is 1. The lowest BCUT2D eigenvalue weighted by atomic mass is 10.1. The predicted molar refractivity (Wildman–Crippen MR) is 61.9 cm³/mol. The Hall–Kier alpha value is 0.130. The number of hydrogen-bond acceptors (Lipinski definition) is 3. The predicted octanol–water partition coefficient (Wildman–Crippen LogP) is 1.67. The van der Waals surface area contributed by atoms with Crippen molar-refractivity contribution >= 4 is 11.8 Å². The van der Waals surface area contributed by atoms with Crippen LogP contribution in [0.2, 0.25) is 0 Å². The van der Waals surface area contributed by atoms with Gasteiger partial charge in [0.05, 0.1) is 6.54 Å². The summed E-state index contributed by atoms with van der Waals surface area (Å²) in [7, 11) is 0. The Bertz CT molecular complexity index is 162. The maximum atomic E-state index is 12.1. The van der Waals surface area contributed by atoms with Gasteiger partial charge in [-0.3, -0.25) is 4.90 Å². The van der Waals surface area contributed by atoms with Gasteiger partial charge in [-0.05, 0) is 32.2 Å². The topological polar surface area (TPSA) is 15.3 Å². The van der Waals surface area contributed by atoms with Crippen LogP contribution in [0.1, 0.15) is 12.8 Å². The van der Waals surface area contributed by atoms with Gasteiger partial charge in [0.1, 0.15) is 0 Å². The van der Waals surface area contributed by atoms with E-state index in [1.54, 1.807) is 0 Å². The van der Waals surface area contributed by atoms with E-state index in [-0.39, 0.29) is 6.54 Å². The lowest BCUT2D eigenvalue weighted by Crippen LogP contribution is -2.44. The van der Waals surface area contributed by atoms with E-state index in [1.807, 2.05) is 16.7 Å². The van der Waals surface area contributed by atoms with E-state index in [0.29, 0.717) is 6.04 Å². The van der Waals surface area contributed by atoms with Crippen molar-refractivity contribution in [1.82, 2.24) is 10.2 Å². The van der Waals surface area contributed by atoms with Crippen molar-refractivity contribution in [2.75, 3.05) is 38.2 Å². The average Bonchev–Trinajstić information content (AvgIpc) is 2.20. The molecule has 1 fully saturated rings. The Morgan fingerprint density at radius 3 is 2.60 bits per heavy atom. The Kier molecular flexibility index (Phi) is 6.52. The molecule has 0 saturated carbocycles. The normalized spacial score (nSPS) is 20.0. The fraction of sp³-hybridized carbons (Fsp3) is 1.00. The Labute approximate surface area is 94.8 Å². The second-order valence-corrected chi connectivity index (χ2v) is 4.90. The van der Waals surface area contributed by atoms with Crippen LogP contribution in [0.25, 0.3) is 0 Å². The highest BCUT2D eigenvalue weighted by Crippen LogP contribution is 2.11. The number of likely N-dealkylation sites (tertiary alicyclic amines) is 1. The number of alkyl halides is 2. The van der Waals surface area contributed by atoms with Crippen LogP contribution >= 0.6 is 11.8 Å². The molecule has 90 valence electrons. The minimum Gasteiger partial charge on any atom is -0.313 e. The first-order valence-electron chi connectivity index (χ1n) is 5.45. The molecule has 1 rings (SSSR count). The van der Waals surface area contributed by atoms with Gasteiger partial charge in [0.25, 0.3) is 6.43 Å². The molecule has 1 aliphatic rings. The van der Waals surface area contributed by atoms with Crippen LogP contribution in [0.4, 0.5) is 8.78 Å². The van der Waals surface area contributed by atoms with E-state index in [2.05, 4.69) is 11.6 Å². The number of nitrogens with zero attached hydrogens (tertiary/aromatic N) is 1. The third-order valence-corrected chi connectivity index (χ3v) is 3.34. The van der Waals surface area contributed by atoms with Gasteiger partial charge in [0.2, 0.25) is 0 Å². The number of thioether (sulfide) groups is 1. The van der Waals surface area contributed by atoms with E-state index in [1.165, 1.54) is 0 Å². The fourth-order valence-corrected chi connectivity index (χ4v) is 2.20. The minimum absolute atomic E-state index is 0.0580. The molecule has 1 aliphatic heterocycles. The van der Waals surface area contributed by atoms with E-state index in [4.69, 9.17) is 0 Å². The van der Waals surface area contributed by atoms with Crippen LogP contribution in [0.3, 0.4) is 0 Å². The number of halogens is 2. The van der Waals surface area contributed by atoms with E-state index >= 15 is 0 Å². The van der Waals surface area contributed by atoms with Crippen LogP contribution in [0.15, 0.2) is 0 Å². The molecule has 0 aromatic rings. The SMILES string of the molecule is CSCCNC1CCN(CC(F)F)CC1. The number of nitrogens with one attached hydrogen (secondary N) is 1. The van der Waals surface area contributed by atoms with Crippen LogP contribution in [-0.2, 0) is 0 Å². The second-order valence-electron chi connectivity index (χ2n) is 3.91. The molecule has 1 saturated heterocycles. The molecule has 0 aliphatic carbocycles. The van der Waals surface area contributed by atoms with Gasteiger partial charge in [0, 0.05) is 18.3 Å². The molecule has 0 bridgehead atoms. The molecule has 0 amide bonds. The van der Waals surface area contributed by atoms with E-state index in [9.17, 15) is 8.78 Å². The van der Waals surface area contributed by atoms with Crippen molar-refractivity contribution in [3.8, 4) is 0 Å². The smallest absolute Gasteiger partial charge is 0.251 e. The van der Waals surface area contributed by atoms with Crippen LogP contribution in [-0.4, -0.2) is 55.6 Å². The summed E-state index contributed by atoms with van der Waals surface area (Å²) in [6, 6.07) is 0.533. The zero-order valence-electron chi connectivity index (χ0n) is 9.22. The third-order valence-electron chi connectivity index (χ3n) is 2.72. The number of piperidine rings is 1. The average molecular weight is 238 g/mol. The highest BCUT2D eigenvalue weighted by Gasteiger charge is 2.20. The lowest BCUT2D eigenvalue weighted by Gasteiger charge is -2.32. The summed E-state index contributed by atoms with van der Waals surface area (Å²) in [4.78, 5) is 1.86. The molecular weight excluding hydrogens is 218 g/mol. The molecule has 5 heteroatoms. The summed E-state index contributed by atoms with van der Waals surface area (Å²) in [6.45, 7) is 2.58. The molecule has 1 heterocycles. The summed E-state index contributed by atoms with van der Waals surface area (Å²) < 4.78 is 24.2. The van der Waals surface area contributed by atoms with Crippen LogP contribution < -0.4 is 5.32 Å². The second kappa shape index (κ2) is 7.41. The quantitative estimate of drug-likeness (QED) is 0.709. The first kappa shape index (κ1) is 13.2. The van der Waals surface area contributed by atoms with Crippen LogP contribution in [0.5, 0.6) is 0 Å². The van der Waals surface area contributed by atoms with Crippen molar-refractivity contribution in [2.24, 2.45) is 0 Å². The molecule has 0 aromatic heterocycles. The monoisotopic (exact) mass is 238 g/mol. The Morgan fingerprint density at radius 1 is 1.40 bits per heavy atom. The first-order chi connectivity index (χ1) is 7.22. The van der Waals surface area contributed by atoms with Crippen molar-refractivity contribution in [3.63, 3.8) is 0 Å². The van der Waals surface area contributed by atoms with E-state index in [0.717, 1.165) is 38.2 Å². The summed E-state index contributed by atoms with van der Waals surface area (Å²) >= 11 is 1.83. The summed E-state index contributed by atoms with van der Waals surface area (Å²) in [5, 5.41) is 3.46. The highest BCUT2D eigenvalue weighted by atomic mass is 32.2. The summed E-state index contributed by atoms with van der Waals surface area (Å²) in [6.07, 6.45) is 1.90. The van der Waals surface area contributed by atoms with E-state index < -0.39 is 6.43 Å². The van der Waals surface area contributed by atoms with Gasteiger partial charge in [-0.15, -0.1) is 0 Å². The Balaban J connectivity index is 2.07. The van der Waals surface area contributed by atoms with Crippen molar-refractivity contribution in [3.05, 3.63) is 0 Å². The van der Waals surface area contributed by atoms with Gasteiger partial charge < -0.3 is 5.32 Å². The highest BCUT2D eigenvalue weighted by molar-refractivity contribution is 7.98. The van der Waals surface area contributed by atoms with Gasteiger partial charge >= 0.3 is 0 Å². The first-order valence-corrected chi connectivity index (χ1v) is 6.84. The molecule has 1 N–H and O–H groups in total. The lowest BCUT2D eigenvalue weighted by molar-refractivity contribution is 0.0733. The molecule has 2 nitrogen and oxygen atoms in total. The van der Waals surface area contributed by atoms with Crippen LogP contribution in [0, 0.1) is 0 Å². The Morgan fingerprint density at radius 2 is 2.07 bits per heavy atom. The standard InChI is InChI=1S/C10H20F2N2S/c1-15-7-4-13-9-2-5-14(6-3-9)8-10(11)12/h9-10,13H,2-8H2,1H3. The molecule has 0 radical (unpaired) electrons. The molecule has 15 heavy (non-hydrogen) atoms. The van der Waals surface area contributed by atoms with Gasteiger partial charge in [-0.2, -0.15) is 11.8 Å². The molecular formula is C10H20F2N2S. The zero-order valence-corrected chi connectivity index (χ0v) is 10.0. The molecule has 0 unspecified atom stereocenters. The molecule has 0 atom stereocenters.